The van der Waals surface area contributed by atoms with Crippen molar-refractivity contribution < 1.29 is 9.90 Å². The van der Waals surface area contributed by atoms with E-state index in [2.05, 4.69) is 15.2 Å². The Bertz CT molecular complexity index is 459. The molecule has 0 radical (unpaired) electrons. The predicted molar refractivity (Wildman–Crippen MR) is 76.6 cm³/mol. The highest BCUT2D eigenvalue weighted by molar-refractivity contribution is 5.92. The molecule has 0 spiro atoms. The van der Waals surface area contributed by atoms with E-state index in [1.165, 1.54) is 0 Å². The van der Waals surface area contributed by atoms with Gasteiger partial charge in [-0.3, -0.25) is 4.79 Å². The van der Waals surface area contributed by atoms with Crippen LogP contribution in [0.3, 0.4) is 0 Å². The number of aromatic nitrogens is 1. The molecule has 1 aromatic rings. The summed E-state index contributed by atoms with van der Waals surface area (Å²) < 4.78 is 2.12. The number of rotatable bonds is 4. The molecule has 0 bridgehead atoms. The smallest absolute Gasteiger partial charge is 0.267 e. The molecule has 5 nitrogen and oxygen atoms in total. The molecule has 3 N–H and O–H groups in total. The summed E-state index contributed by atoms with van der Waals surface area (Å²) in [6, 6.07) is 4.27. The van der Waals surface area contributed by atoms with Crippen LogP contribution in [0, 0.1) is 5.92 Å². The van der Waals surface area contributed by atoms with Crippen LogP contribution in [-0.2, 0) is 0 Å². The summed E-state index contributed by atoms with van der Waals surface area (Å²) >= 11 is 0. The minimum atomic E-state index is -0.157. The molecule has 2 aliphatic rings. The molecule has 0 atom stereocenters. The fraction of sp³-hybridized carbons (Fsp3) is 0.667. The van der Waals surface area contributed by atoms with Gasteiger partial charge in [0, 0.05) is 18.8 Å². The lowest BCUT2D eigenvalue weighted by atomic mass is 9.82. The molecule has 2 fully saturated rings. The van der Waals surface area contributed by atoms with Crippen molar-refractivity contribution in [2.45, 2.75) is 37.8 Å². The minimum absolute atomic E-state index is 0.00919. The third kappa shape index (κ3) is 2.88. The van der Waals surface area contributed by atoms with E-state index >= 15 is 0 Å². The molecule has 1 saturated heterocycles. The predicted octanol–water partition coefficient (Wildman–Crippen LogP) is 0.913. The van der Waals surface area contributed by atoms with Gasteiger partial charge >= 0.3 is 0 Å². The number of carbonyl (C=O) groups excluding carboxylic acids is 1. The van der Waals surface area contributed by atoms with E-state index in [9.17, 15) is 9.90 Å². The summed E-state index contributed by atoms with van der Waals surface area (Å²) in [6.07, 6.45) is 5.63. The first-order valence-electron chi connectivity index (χ1n) is 7.58. The van der Waals surface area contributed by atoms with Gasteiger partial charge in [0.05, 0.1) is 6.10 Å². The number of aliphatic hydroxyl groups is 1. The first kappa shape index (κ1) is 13.6. The number of carbonyl (C=O) groups is 1. The first-order valence-corrected chi connectivity index (χ1v) is 7.58. The Balaban J connectivity index is 1.58. The van der Waals surface area contributed by atoms with Gasteiger partial charge in [0.15, 0.2) is 0 Å². The number of piperidine rings is 1. The zero-order valence-electron chi connectivity index (χ0n) is 11.7. The van der Waals surface area contributed by atoms with Crippen molar-refractivity contribution in [2.75, 3.05) is 19.6 Å². The van der Waals surface area contributed by atoms with Crippen LogP contribution in [0.25, 0.3) is 0 Å². The third-order valence-corrected chi connectivity index (χ3v) is 4.48. The van der Waals surface area contributed by atoms with Gasteiger partial charge in [0.25, 0.3) is 5.91 Å². The van der Waals surface area contributed by atoms with E-state index in [4.69, 9.17) is 0 Å². The number of nitrogens with zero attached hydrogens (tertiary/aromatic N) is 1. The van der Waals surface area contributed by atoms with Crippen LogP contribution in [0.2, 0.25) is 0 Å². The lowest BCUT2D eigenvalue weighted by molar-refractivity contribution is 0.0419. The normalized spacial score (nSPS) is 27.1. The molecule has 1 aliphatic carbocycles. The van der Waals surface area contributed by atoms with Crippen LogP contribution in [0.15, 0.2) is 18.3 Å². The first-order chi connectivity index (χ1) is 9.74. The molecule has 1 saturated carbocycles. The van der Waals surface area contributed by atoms with Crippen LogP contribution < -0.4 is 10.6 Å². The summed E-state index contributed by atoms with van der Waals surface area (Å²) in [5.41, 5.74) is 0.761. The van der Waals surface area contributed by atoms with Crippen molar-refractivity contribution in [1.82, 2.24) is 15.2 Å². The van der Waals surface area contributed by atoms with E-state index < -0.39 is 0 Å². The fourth-order valence-electron chi connectivity index (χ4n) is 3.18. The summed E-state index contributed by atoms with van der Waals surface area (Å²) in [5.74, 6) is 0.450. The van der Waals surface area contributed by atoms with Crippen molar-refractivity contribution >= 4 is 5.91 Å². The Morgan fingerprint density at radius 3 is 2.85 bits per heavy atom. The monoisotopic (exact) mass is 277 g/mol. The molecule has 2 heterocycles. The van der Waals surface area contributed by atoms with Crippen molar-refractivity contribution in [2.24, 2.45) is 5.92 Å². The lowest BCUT2D eigenvalue weighted by Crippen LogP contribution is -2.39. The number of amides is 1. The van der Waals surface area contributed by atoms with Gasteiger partial charge in [-0.15, -0.1) is 0 Å². The molecule has 1 amide bonds. The number of aliphatic hydroxyl groups excluding tert-OH is 1. The summed E-state index contributed by atoms with van der Waals surface area (Å²) in [6.45, 7) is 2.71. The Morgan fingerprint density at radius 1 is 1.40 bits per heavy atom. The summed E-state index contributed by atoms with van der Waals surface area (Å²) in [5, 5.41) is 15.6. The number of hydrogen-bond donors (Lipinski definition) is 3. The highest BCUT2D eigenvalue weighted by Crippen LogP contribution is 2.26. The highest BCUT2D eigenvalue weighted by Gasteiger charge is 2.28. The van der Waals surface area contributed by atoms with Gasteiger partial charge in [-0.05, 0) is 56.8 Å². The Morgan fingerprint density at radius 2 is 2.15 bits per heavy atom. The van der Waals surface area contributed by atoms with Crippen molar-refractivity contribution in [3.8, 4) is 0 Å². The van der Waals surface area contributed by atoms with Gasteiger partial charge in [0.2, 0.25) is 0 Å². The Labute approximate surface area is 119 Å². The van der Waals surface area contributed by atoms with E-state index in [1.807, 2.05) is 18.3 Å². The quantitative estimate of drug-likeness (QED) is 0.766. The van der Waals surface area contributed by atoms with Gasteiger partial charge in [0.1, 0.15) is 5.69 Å². The van der Waals surface area contributed by atoms with Crippen LogP contribution in [0.5, 0.6) is 0 Å². The largest absolute Gasteiger partial charge is 0.393 e. The molecule has 1 aromatic heterocycles. The van der Waals surface area contributed by atoms with Gasteiger partial charge in [-0.2, -0.15) is 0 Å². The summed E-state index contributed by atoms with van der Waals surface area (Å²) in [7, 11) is 0. The van der Waals surface area contributed by atoms with E-state index in [0.717, 1.165) is 44.5 Å². The van der Waals surface area contributed by atoms with Crippen molar-refractivity contribution in [3.63, 3.8) is 0 Å². The molecule has 3 rings (SSSR count). The Hall–Kier alpha value is -1.33. The minimum Gasteiger partial charge on any atom is -0.393 e. The van der Waals surface area contributed by atoms with Gasteiger partial charge in [-0.1, -0.05) is 0 Å². The molecule has 1 aliphatic heterocycles. The maximum Gasteiger partial charge on any atom is 0.267 e. The van der Waals surface area contributed by atoms with Crippen LogP contribution >= 0.6 is 0 Å². The van der Waals surface area contributed by atoms with Gasteiger partial charge < -0.3 is 20.3 Å². The molecule has 110 valence electrons. The highest BCUT2D eigenvalue weighted by atomic mass is 16.3. The topological polar surface area (TPSA) is 66.3 Å². The number of nitrogens with one attached hydrogen (secondary N) is 2. The van der Waals surface area contributed by atoms with Crippen LogP contribution in [-0.4, -0.2) is 41.3 Å². The van der Waals surface area contributed by atoms with E-state index in [1.54, 1.807) is 0 Å². The van der Waals surface area contributed by atoms with Gasteiger partial charge in [-0.25, -0.2) is 0 Å². The zero-order valence-corrected chi connectivity index (χ0v) is 11.7. The lowest BCUT2D eigenvalue weighted by Gasteiger charge is -2.31. The maximum absolute atomic E-state index is 12.3. The second-order valence-electron chi connectivity index (χ2n) is 5.98. The van der Waals surface area contributed by atoms with E-state index in [-0.39, 0.29) is 12.0 Å². The average molecular weight is 277 g/mol. The second-order valence-corrected chi connectivity index (χ2v) is 5.98. The average Bonchev–Trinajstić information content (AvgIpc) is 2.92. The second kappa shape index (κ2) is 5.97. The SMILES string of the molecule is O=C(NCC1CC(O)C1)c1cccn1C1CCNCC1. The van der Waals surface area contributed by atoms with E-state index in [0.29, 0.717) is 18.5 Å². The van der Waals surface area contributed by atoms with Crippen molar-refractivity contribution in [3.05, 3.63) is 24.0 Å². The molecule has 0 unspecified atom stereocenters. The van der Waals surface area contributed by atoms with Crippen molar-refractivity contribution in [1.29, 1.82) is 0 Å². The maximum atomic E-state index is 12.3. The van der Waals surface area contributed by atoms with Crippen LogP contribution in [0.4, 0.5) is 0 Å². The third-order valence-electron chi connectivity index (χ3n) is 4.48. The molecular formula is C15H23N3O2. The van der Waals surface area contributed by atoms with Crippen LogP contribution in [0.1, 0.15) is 42.2 Å². The zero-order chi connectivity index (χ0) is 13.9. The standard InChI is InChI=1S/C15H23N3O2/c19-13-8-11(9-13)10-17-15(20)14-2-1-7-18(14)12-3-5-16-6-4-12/h1-2,7,11-13,16,19H,3-6,8-10H2,(H,17,20). The molecule has 0 aromatic carbocycles. The molecule has 5 heteroatoms. The summed E-state index contributed by atoms with van der Waals surface area (Å²) in [4.78, 5) is 12.3. The number of hydrogen-bond acceptors (Lipinski definition) is 3. The molecular weight excluding hydrogens is 254 g/mol. The fourth-order valence-corrected chi connectivity index (χ4v) is 3.18. The molecule has 20 heavy (non-hydrogen) atoms. The Kier molecular flexibility index (Phi) is 4.08.